The van der Waals surface area contributed by atoms with E-state index in [0.717, 1.165) is 18.2 Å². The summed E-state index contributed by atoms with van der Waals surface area (Å²) in [6, 6.07) is 2.95. The van der Waals surface area contributed by atoms with Gasteiger partial charge in [0.2, 0.25) is 0 Å². The van der Waals surface area contributed by atoms with Crippen LogP contribution in [0.5, 0.6) is 0 Å². The van der Waals surface area contributed by atoms with Crippen LogP contribution >= 0.6 is 0 Å². The number of hydrogen-bond donors (Lipinski definition) is 1. The van der Waals surface area contributed by atoms with E-state index in [1.54, 1.807) is 0 Å². The van der Waals surface area contributed by atoms with Gasteiger partial charge in [0, 0.05) is 11.6 Å². The second kappa shape index (κ2) is 5.13. The summed E-state index contributed by atoms with van der Waals surface area (Å²) in [5, 5.41) is 10.7. The lowest BCUT2D eigenvalue weighted by molar-refractivity contribution is -0.385. The molecule has 1 aromatic carbocycles. The van der Waals surface area contributed by atoms with E-state index < -0.39 is 22.4 Å². The minimum atomic E-state index is -4.59. The summed E-state index contributed by atoms with van der Waals surface area (Å²) in [6.07, 6.45) is -4.37. The van der Waals surface area contributed by atoms with Crippen LogP contribution in [0.3, 0.4) is 0 Å². The van der Waals surface area contributed by atoms with Crippen molar-refractivity contribution in [2.45, 2.75) is 19.0 Å². The van der Waals surface area contributed by atoms with Crippen molar-refractivity contribution in [3.05, 3.63) is 39.4 Å². The number of nitrogens with two attached hydrogens (primary N) is 1. The smallest absolute Gasteiger partial charge is 0.330 e. The van der Waals surface area contributed by atoms with E-state index in [-0.39, 0.29) is 24.9 Å². The molecule has 0 heterocycles. The van der Waals surface area contributed by atoms with E-state index in [0.29, 0.717) is 0 Å². The lowest BCUT2D eigenvalue weighted by Crippen LogP contribution is -2.12. The van der Waals surface area contributed by atoms with Gasteiger partial charge in [-0.25, -0.2) is 0 Å². The van der Waals surface area contributed by atoms with Crippen LogP contribution in [0.25, 0.3) is 0 Å². The first-order chi connectivity index (χ1) is 7.88. The highest BCUT2D eigenvalue weighted by molar-refractivity contribution is 5.46. The van der Waals surface area contributed by atoms with Crippen molar-refractivity contribution in [2.24, 2.45) is 5.73 Å². The fourth-order valence-corrected chi connectivity index (χ4v) is 1.55. The molecule has 0 spiro atoms. The molecule has 0 amide bonds. The molecule has 0 aliphatic heterocycles. The molecule has 0 radical (unpaired) electrons. The molecule has 0 saturated heterocycles. The zero-order chi connectivity index (χ0) is 13.1. The number of alkyl halides is 3. The molecule has 0 aliphatic rings. The fraction of sp³-hybridized carbons (Fsp3) is 0.400. The number of nitrogens with zero attached hydrogens (tertiary/aromatic N) is 1. The van der Waals surface area contributed by atoms with E-state index in [9.17, 15) is 23.3 Å². The predicted molar refractivity (Wildman–Crippen MR) is 55.5 cm³/mol. The molecular weight excluding hydrogens is 237 g/mol. The van der Waals surface area contributed by atoms with Crippen LogP contribution in [0.1, 0.15) is 17.5 Å². The van der Waals surface area contributed by atoms with Gasteiger partial charge in [-0.15, -0.1) is 0 Å². The molecule has 0 bridgehead atoms. The number of nitro groups is 1. The Hall–Kier alpha value is -1.63. The zero-order valence-corrected chi connectivity index (χ0v) is 8.83. The maximum atomic E-state index is 12.7. The van der Waals surface area contributed by atoms with E-state index in [1.165, 1.54) is 0 Å². The van der Waals surface area contributed by atoms with Crippen LogP contribution in [-0.2, 0) is 12.6 Å². The van der Waals surface area contributed by atoms with Crippen molar-refractivity contribution >= 4 is 5.69 Å². The van der Waals surface area contributed by atoms with Crippen molar-refractivity contribution in [3.63, 3.8) is 0 Å². The van der Waals surface area contributed by atoms with Crippen molar-refractivity contribution in [2.75, 3.05) is 6.54 Å². The summed E-state index contributed by atoms with van der Waals surface area (Å²) >= 11 is 0. The van der Waals surface area contributed by atoms with Crippen molar-refractivity contribution in [1.29, 1.82) is 0 Å². The monoisotopic (exact) mass is 248 g/mol. The second-order valence-corrected chi connectivity index (χ2v) is 3.45. The van der Waals surface area contributed by atoms with Crippen LogP contribution in [0, 0.1) is 10.1 Å². The molecule has 0 fully saturated rings. The second-order valence-electron chi connectivity index (χ2n) is 3.45. The zero-order valence-electron chi connectivity index (χ0n) is 8.83. The van der Waals surface area contributed by atoms with Gasteiger partial charge in [-0.2, -0.15) is 13.2 Å². The van der Waals surface area contributed by atoms with Crippen LogP contribution < -0.4 is 5.73 Å². The molecule has 0 unspecified atom stereocenters. The highest BCUT2D eigenvalue weighted by Crippen LogP contribution is 2.36. The van der Waals surface area contributed by atoms with Crippen LogP contribution in [0.4, 0.5) is 18.9 Å². The summed E-state index contributed by atoms with van der Waals surface area (Å²) in [7, 11) is 0. The lowest BCUT2D eigenvalue weighted by atomic mass is 10.0. The summed E-state index contributed by atoms with van der Waals surface area (Å²) in [6.45, 7) is 0.184. The van der Waals surface area contributed by atoms with Crippen LogP contribution in [0.15, 0.2) is 18.2 Å². The van der Waals surface area contributed by atoms with Crippen molar-refractivity contribution in [3.8, 4) is 0 Å². The molecule has 2 N–H and O–H groups in total. The standard InChI is InChI=1S/C10H11F3N2O2/c11-10(12,13)8-4-1-5-9(15(16)17)7(8)3-2-6-14/h1,4-5H,2-3,6,14H2. The summed E-state index contributed by atoms with van der Waals surface area (Å²) in [5.41, 5.74) is 3.45. The molecule has 0 aliphatic carbocycles. The summed E-state index contributed by atoms with van der Waals surface area (Å²) in [4.78, 5) is 9.87. The molecular formula is C10H11F3N2O2. The minimum absolute atomic E-state index is 0.0531. The molecule has 0 aromatic heterocycles. The van der Waals surface area contributed by atoms with Gasteiger partial charge in [-0.3, -0.25) is 10.1 Å². The predicted octanol–water partition coefficient (Wildman–Crippen LogP) is 2.50. The first-order valence-electron chi connectivity index (χ1n) is 4.91. The van der Waals surface area contributed by atoms with Gasteiger partial charge in [0.15, 0.2) is 0 Å². The Labute approximate surface area is 95.4 Å². The van der Waals surface area contributed by atoms with Gasteiger partial charge in [0.25, 0.3) is 5.69 Å². The molecule has 17 heavy (non-hydrogen) atoms. The Morgan fingerprint density at radius 2 is 2.00 bits per heavy atom. The normalized spacial score (nSPS) is 11.5. The summed E-state index contributed by atoms with van der Waals surface area (Å²) in [5.74, 6) is 0. The average Bonchev–Trinajstić information content (AvgIpc) is 2.24. The SMILES string of the molecule is NCCCc1c([N+](=O)[O-])cccc1C(F)(F)F. The molecule has 0 atom stereocenters. The van der Waals surface area contributed by atoms with E-state index in [2.05, 4.69) is 0 Å². The Bertz CT molecular complexity index is 419. The Balaban J connectivity index is 3.29. The van der Waals surface area contributed by atoms with E-state index >= 15 is 0 Å². The van der Waals surface area contributed by atoms with Gasteiger partial charge in [0.1, 0.15) is 0 Å². The van der Waals surface area contributed by atoms with Gasteiger partial charge < -0.3 is 5.73 Å². The van der Waals surface area contributed by atoms with Gasteiger partial charge >= 0.3 is 6.18 Å². The third-order valence-electron chi connectivity index (χ3n) is 2.28. The highest BCUT2D eigenvalue weighted by atomic mass is 19.4. The number of nitro benzene ring substituents is 1. The molecule has 4 nitrogen and oxygen atoms in total. The number of hydrogen-bond acceptors (Lipinski definition) is 3. The maximum absolute atomic E-state index is 12.7. The molecule has 1 rings (SSSR count). The Morgan fingerprint density at radius 1 is 1.35 bits per heavy atom. The Kier molecular flexibility index (Phi) is 4.06. The first-order valence-corrected chi connectivity index (χ1v) is 4.91. The quantitative estimate of drug-likeness (QED) is 0.657. The Morgan fingerprint density at radius 3 is 2.47 bits per heavy atom. The lowest BCUT2D eigenvalue weighted by Gasteiger charge is -2.12. The molecule has 94 valence electrons. The third-order valence-corrected chi connectivity index (χ3v) is 2.28. The van der Waals surface area contributed by atoms with E-state index in [1.807, 2.05) is 0 Å². The number of rotatable bonds is 4. The maximum Gasteiger partial charge on any atom is 0.416 e. The van der Waals surface area contributed by atoms with Gasteiger partial charge in [-0.05, 0) is 25.5 Å². The van der Waals surface area contributed by atoms with Gasteiger partial charge in [-0.1, -0.05) is 6.07 Å². The minimum Gasteiger partial charge on any atom is -0.330 e. The van der Waals surface area contributed by atoms with Crippen LogP contribution in [-0.4, -0.2) is 11.5 Å². The largest absolute Gasteiger partial charge is 0.416 e. The van der Waals surface area contributed by atoms with E-state index in [4.69, 9.17) is 5.73 Å². The molecule has 7 heteroatoms. The van der Waals surface area contributed by atoms with Gasteiger partial charge in [0.05, 0.1) is 10.5 Å². The fourth-order valence-electron chi connectivity index (χ4n) is 1.55. The first kappa shape index (κ1) is 13.4. The third kappa shape index (κ3) is 3.16. The number of halogens is 3. The molecule has 0 saturated carbocycles. The summed E-state index contributed by atoms with van der Waals surface area (Å²) < 4.78 is 38.0. The average molecular weight is 248 g/mol. The topological polar surface area (TPSA) is 69.2 Å². The molecule has 1 aromatic rings. The number of benzene rings is 1. The van der Waals surface area contributed by atoms with Crippen molar-refractivity contribution in [1.82, 2.24) is 0 Å². The van der Waals surface area contributed by atoms with Crippen molar-refractivity contribution < 1.29 is 18.1 Å². The highest BCUT2D eigenvalue weighted by Gasteiger charge is 2.36. The van der Waals surface area contributed by atoms with Crippen LogP contribution in [0.2, 0.25) is 0 Å².